The van der Waals surface area contributed by atoms with Crippen molar-refractivity contribution in [3.63, 3.8) is 0 Å². The standard InChI is InChI=1S/C12H14Cl2N2O2/c1-2-4-10(17)15-7-11(18)16-12-8(13)5-3-6-9(12)14/h3,5-6H,2,4,7H2,1H3,(H,15,17)(H,16,18). The van der Waals surface area contributed by atoms with E-state index in [-0.39, 0.29) is 18.4 Å². The van der Waals surface area contributed by atoms with Crippen LogP contribution < -0.4 is 10.6 Å². The molecular formula is C12H14Cl2N2O2. The molecule has 0 aliphatic carbocycles. The largest absolute Gasteiger partial charge is 0.347 e. The van der Waals surface area contributed by atoms with Gasteiger partial charge in [0, 0.05) is 6.42 Å². The Morgan fingerprint density at radius 3 is 2.33 bits per heavy atom. The van der Waals surface area contributed by atoms with Crippen molar-refractivity contribution in [3.8, 4) is 0 Å². The fourth-order valence-electron chi connectivity index (χ4n) is 1.30. The topological polar surface area (TPSA) is 58.2 Å². The lowest BCUT2D eigenvalue weighted by atomic mass is 10.3. The summed E-state index contributed by atoms with van der Waals surface area (Å²) in [5, 5.41) is 5.78. The zero-order chi connectivity index (χ0) is 13.5. The van der Waals surface area contributed by atoms with Crippen LogP contribution in [0.4, 0.5) is 5.69 Å². The van der Waals surface area contributed by atoms with Crippen LogP contribution in [0.3, 0.4) is 0 Å². The second-order valence-electron chi connectivity index (χ2n) is 3.67. The van der Waals surface area contributed by atoms with Gasteiger partial charge in [0.05, 0.1) is 22.3 Å². The number of para-hydroxylation sites is 1. The van der Waals surface area contributed by atoms with E-state index >= 15 is 0 Å². The number of benzene rings is 1. The van der Waals surface area contributed by atoms with Gasteiger partial charge in [0.25, 0.3) is 0 Å². The van der Waals surface area contributed by atoms with Crippen molar-refractivity contribution in [3.05, 3.63) is 28.2 Å². The molecule has 0 aliphatic heterocycles. The van der Waals surface area contributed by atoms with Gasteiger partial charge in [-0.1, -0.05) is 36.2 Å². The number of carbonyl (C=O) groups excluding carboxylic acids is 2. The molecule has 0 aromatic heterocycles. The van der Waals surface area contributed by atoms with Gasteiger partial charge in [0.2, 0.25) is 11.8 Å². The summed E-state index contributed by atoms with van der Waals surface area (Å²) in [4.78, 5) is 22.8. The Hall–Kier alpha value is -1.26. The van der Waals surface area contributed by atoms with E-state index in [1.54, 1.807) is 18.2 Å². The lowest BCUT2D eigenvalue weighted by Crippen LogP contribution is -2.32. The Morgan fingerprint density at radius 1 is 1.17 bits per heavy atom. The molecule has 0 atom stereocenters. The SMILES string of the molecule is CCCC(=O)NCC(=O)Nc1c(Cl)cccc1Cl. The summed E-state index contributed by atoms with van der Waals surface area (Å²) in [7, 11) is 0. The monoisotopic (exact) mass is 288 g/mol. The minimum absolute atomic E-state index is 0.0968. The molecule has 2 N–H and O–H groups in total. The normalized spacial score (nSPS) is 9.94. The predicted molar refractivity (Wildman–Crippen MR) is 73.0 cm³/mol. The summed E-state index contributed by atoms with van der Waals surface area (Å²) >= 11 is 11.8. The third-order valence-corrected chi connectivity index (χ3v) is 2.78. The van der Waals surface area contributed by atoms with E-state index in [1.165, 1.54) is 0 Å². The van der Waals surface area contributed by atoms with Crippen LogP contribution in [0, 0.1) is 0 Å². The quantitative estimate of drug-likeness (QED) is 0.875. The van der Waals surface area contributed by atoms with E-state index in [1.807, 2.05) is 6.92 Å². The van der Waals surface area contributed by atoms with Crippen LogP contribution in [-0.2, 0) is 9.59 Å². The van der Waals surface area contributed by atoms with E-state index in [4.69, 9.17) is 23.2 Å². The second-order valence-corrected chi connectivity index (χ2v) is 4.49. The molecule has 0 saturated heterocycles. The average Bonchev–Trinajstić information content (AvgIpc) is 2.32. The summed E-state index contributed by atoms with van der Waals surface area (Å²) in [6.07, 6.45) is 1.14. The molecule has 1 rings (SSSR count). The van der Waals surface area contributed by atoms with Crippen molar-refractivity contribution < 1.29 is 9.59 Å². The molecule has 0 radical (unpaired) electrons. The smallest absolute Gasteiger partial charge is 0.243 e. The molecule has 0 fully saturated rings. The highest BCUT2D eigenvalue weighted by atomic mass is 35.5. The highest BCUT2D eigenvalue weighted by Crippen LogP contribution is 2.29. The molecular weight excluding hydrogens is 275 g/mol. The van der Waals surface area contributed by atoms with Crippen LogP contribution in [0.5, 0.6) is 0 Å². The number of amides is 2. The second kappa shape index (κ2) is 7.24. The van der Waals surface area contributed by atoms with Gasteiger partial charge in [0.1, 0.15) is 0 Å². The summed E-state index contributed by atoms with van der Waals surface area (Å²) < 4.78 is 0. The maximum Gasteiger partial charge on any atom is 0.243 e. The van der Waals surface area contributed by atoms with Crippen LogP contribution in [-0.4, -0.2) is 18.4 Å². The van der Waals surface area contributed by atoms with Crippen LogP contribution in [0.1, 0.15) is 19.8 Å². The Morgan fingerprint density at radius 2 is 1.78 bits per heavy atom. The van der Waals surface area contributed by atoms with E-state index < -0.39 is 0 Å². The minimum atomic E-state index is -0.366. The maximum absolute atomic E-state index is 11.6. The first-order valence-corrected chi connectivity index (χ1v) is 6.30. The molecule has 0 bridgehead atoms. The van der Waals surface area contributed by atoms with Crippen molar-refractivity contribution in [1.29, 1.82) is 0 Å². The fraction of sp³-hybridized carbons (Fsp3) is 0.333. The Kier molecular flexibility index (Phi) is 5.95. The van der Waals surface area contributed by atoms with Gasteiger partial charge in [-0.25, -0.2) is 0 Å². The fourth-order valence-corrected chi connectivity index (χ4v) is 1.79. The van der Waals surface area contributed by atoms with E-state index in [9.17, 15) is 9.59 Å². The number of nitrogens with one attached hydrogen (secondary N) is 2. The summed E-state index contributed by atoms with van der Waals surface area (Å²) in [6, 6.07) is 4.93. The van der Waals surface area contributed by atoms with Gasteiger partial charge in [0.15, 0.2) is 0 Å². The minimum Gasteiger partial charge on any atom is -0.347 e. The number of halogens is 2. The molecule has 0 spiro atoms. The summed E-state index contributed by atoms with van der Waals surface area (Å²) in [5.41, 5.74) is 0.357. The van der Waals surface area contributed by atoms with Crippen LogP contribution in [0.15, 0.2) is 18.2 Å². The molecule has 1 aromatic rings. The zero-order valence-corrected chi connectivity index (χ0v) is 11.4. The molecule has 0 unspecified atom stereocenters. The zero-order valence-electron chi connectivity index (χ0n) is 9.93. The summed E-state index contributed by atoms with van der Waals surface area (Å²) in [5.74, 6) is -0.521. The molecule has 0 aliphatic rings. The molecule has 4 nitrogen and oxygen atoms in total. The first-order chi connectivity index (χ1) is 8.54. The third kappa shape index (κ3) is 4.55. The number of carbonyl (C=O) groups is 2. The highest BCUT2D eigenvalue weighted by Gasteiger charge is 2.10. The van der Waals surface area contributed by atoms with E-state index in [0.29, 0.717) is 22.2 Å². The van der Waals surface area contributed by atoms with E-state index in [0.717, 1.165) is 6.42 Å². The van der Waals surface area contributed by atoms with Crippen molar-refractivity contribution >= 4 is 40.7 Å². The Labute approximate surface area is 116 Å². The van der Waals surface area contributed by atoms with Crippen molar-refractivity contribution in [1.82, 2.24) is 5.32 Å². The molecule has 0 saturated carbocycles. The van der Waals surface area contributed by atoms with Crippen LogP contribution >= 0.6 is 23.2 Å². The lowest BCUT2D eigenvalue weighted by Gasteiger charge is -2.09. The van der Waals surface area contributed by atoms with Crippen molar-refractivity contribution in [2.75, 3.05) is 11.9 Å². The number of hydrogen-bond donors (Lipinski definition) is 2. The van der Waals surface area contributed by atoms with E-state index in [2.05, 4.69) is 10.6 Å². The molecule has 0 heterocycles. The average molecular weight is 289 g/mol. The molecule has 98 valence electrons. The van der Waals surface area contributed by atoms with Crippen molar-refractivity contribution in [2.24, 2.45) is 0 Å². The van der Waals surface area contributed by atoms with Gasteiger partial charge in [-0.3, -0.25) is 9.59 Å². The molecule has 1 aromatic carbocycles. The first-order valence-electron chi connectivity index (χ1n) is 5.55. The number of anilines is 1. The van der Waals surface area contributed by atoms with Gasteiger partial charge in [-0.05, 0) is 18.6 Å². The molecule has 2 amide bonds. The summed E-state index contributed by atoms with van der Waals surface area (Å²) in [6.45, 7) is 1.80. The Bertz CT molecular complexity index is 429. The first kappa shape index (κ1) is 14.8. The van der Waals surface area contributed by atoms with Crippen LogP contribution in [0.2, 0.25) is 10.0 Å². The number of rotatable bonds is 5. The van der Waals surface area contributed by atoms with Gasteiger partial charge in [-0.2, -0.15) is 0 Å². The van der Waals surface area contributed by atoms with Crippen molar-refractivity contribution in [2.45, 2.75) is 19.8 Å². The third-order valence-electron chi connectivity index (χ3n) is 2.15. The molecule has 18 heavy (non-hydrogen) atoms. The highest BCUT2D eigenvalue weighted by molar-refractivity contribution is 6.39. The van der Waals surface area contributed by atoms with Gasteiger partial charge in [-0.15, -0.1) is 0 Å². The predicted octanol–water partition coefficient (Wildman–Crippen LogP) is 2.85. The van der Waals surface area contributed by atoms with Crippen LogP contribution in [0.25, 0.3) is 0 Å². The van der Waals surface area contributed by atoms with Gasteiger partial charge < -0.3 is 10.6 Å². The lowest BCUT2D eigenvalue weighted by molar-refractivity contribution is -0.124. The maximum atomic E-state index is 11.6. The Balaban J connectivity index is 2.52. The number of hydrogen-bond acceptors (Lipinski definition) is 2. The molecule has 6 heteroatoms. The van der Waals surface area contributed by atoms with Gasteiger partial charge >= 0.3 is 0 Å².